The molecule has 3 rings (SSSR count). The van der Waals surface area contributed by atoms with Crippen LogP contribution in [0.15, 0.2) is 30.5 Å². The number of rotatable bonds is 6. The van der Waals surface area contributed by atoms with Crippen LogP contribution in [0.1, 0.15) is 41.4 Å². The summed E-state index contributed by atoms with van der Waals surface area (Å²) in [5, 5.41) is 17.8. The van der Waals surface area contributed by atoms with E-state index in [0.29, 0.717) is 23.7 Å². The van der Waals surface area contributed by atoms with E-state index >= 15 is 0 Å². The van der Waals surface area contributed by atoms with Crippen LogP contribution in [0.3, 0.4) is 0 Å². The van der Waals surface area contributed by atoms with Crippen LogP contribution in [0.2, 0.25) is 0 Å². The second kappa shape index (κ2) is 5.73. The van der Waals surface area contributed by atoms with Crippen LogP contribution in [-0.4, -0.2) is 25.9 Å². The van der Waals surface area contributed by atoms with E-state index in [1.807, 2.05) is 0 Å². The van der Waals surface area contributed by atoms with E-state index in [-0.39, 0.29) is 18.0 Å². The number of carbonyl (C=O) groups is 1. The molecule has 1 atom stereocenters. The van der Waals surface area contributed by atoms with Gasteiger partial charge in [0.05, 0.1) is 6.20 Å². The fourth-order valence-electron chi connectivity index (χ4n) is 2.21. The minimum absolute atomic E-state index is 0.0743. The molecular formula is C15H16FN3O2. The molecule has 0 saturated heterocycles. The first-order valence-corrected chi connectivity index (χ1v) is 7.00. The average molecular weight is 289 g/mol. The van der Waals surface area contributed by atoms with Crippen LogP contribution in [0, 0.1) is 11.7 Å². The summed E-state index contributed by atoms with van der Waals surface area (Å²) in [5.74, 6) is -0.132. The number of aryl methyl sites for hydroxylation is 1. The van der Waals surface area contributed by atoms with Gasteiger partial charge in [-0.1, -0.05) is 5.21 Å². The maximum atomic E-state index is 12.8. The molecule has 0 bridgehead atoms. The molecule has 1 fully saturated rings. The Morgan fingerprint density at radius 3 is 2.76 bits per heavy atom. The van der Waals surface area contributed by atoms with Gasteiger partial charge in [-0.3, -0.25) is 9.48 Å². The highest BCUT2D eigenvalue weighted by molar-refractivity contribution is 5.95. The number of hydrogen-bond acceptors (Lipinski definition) is 4. The lowest BCUT2D eigenvalue weighted by Gasteiger charge is -2.03. The highest BCUT2D eigenvalue weighted by Crippen LogP contribution is 2.39. The number of carbonyl (C=O) groups excluding carboxylic acids is 1. The highest BCUT2D eigenvalue weighted by atomic mass is 19.1. The van der Waals surface area contributed by atoms with E-state index in [1.165, 1.54) is 24.3 Å². The molecule has 1 aromatic heterocycles. The SMILES string of the molecule is O=C(CCn1cc(C(O)C2CC2)nn1)c1ccc(F)cc1. The Bertz CT molecular complexity index is 635. The third kappa shape index (κ3) is 3.33. The van der Waals surface area contributed by atoms with Gasteiger partial charge in [0.25, 0.3) is 0 Å². The molecule has 21 heavy (non-hydrogen) atoms. The maximum absolute atomic E-state index is 12.8. The number of aliphatic hydroxyl groups excluding tert-OH is 1. The number of aromatic nitrogens is 3. The molecule has 1 aromatic carbocycles. The number of halogens is 1. The number of ketones is 1. The molecule has 2 aromatic rings. The molecule has 1 heterocycles. The largest absolute Gasteiger partial charge is 0.386 e. The zero-order valence-electron chi connectivity index (χ0n) is 11.4. The van der Waals surface area contributed by atoms with E-state index in [2.05, 4.69) is 10.3 Å². The van der Waals surface area contributed by atoms with E-state index in [1.54, 1.807) is 10.9 Å². The monoisotopic (exact) mass is 289 g/mol. The topological polar surface area (TPSA) is 68.0 Å². The van der Waals surface area contributed by atoms with E-state index in [4.69, 9.17) is 0 Å². The third-order valence-electron chi connectivity index (χ3n) is 3.66. The fraction of sp³-hybridized carbons (Fsp3) is 0.400. The molecule has 0 amide bonds. The molecule has 1 aliphatic rings. The lowest BCUT2D eigenvalue weighted by molar-refractivity contribution is 0.0975. The van der Waals surface area contributed by atoms with Gasteiger partial charge in [0.15, 0.2) is 5.78 Å². The van der Waals surface area contributed by atoms with Gasteiger partial charge in [0.1, 0.15) is 17.6 Å². The third-order valence-corrected chi connectivity index (χ3v) is 3.66. The van der Waals surface area contributed by atoms with Crippen molar-refractivity contribution in [1.29, 1.82) is 0 Å². The maximum Gasteiger partial charge on any atom is 0.164 e. The lowest BCUT2D eigenvalue weighted by Crippen LogP contribution is -2.07. The first kappa shape index (κ1) is 13.9. The fourth-order valence-corrected chi connectivity index (χ4v) is 2.21. The van der Waals surface area contributed by atoms with Crippen molar-refractivity contribution >= 4 is 5.78 Å². The Morgan fingerprint density at radius 1 is 1.38 bits per heavy atom. The Balaban J connectivity index is 1.57. The zero-order chi connectivity index (χ0) is 14.8. The molecule has 110 valence electrons. The molecule has 6 heteroatoms. The van der Waals surface area contributed by atoms with Gasteiger partial charge in [-0.05, 0) is 43.0 Å². The molecule has 1 unspecified atom stereocenters. The standard InChI is InChI=1S/C15H16FN3O2/c16-12-5-3-10(4-6-12)14(20)7-8-19-9-13(17-18-19)15(21)11-1-2-11/h3-6,9,11,15,21H,1-2,7-8H2. The lowest BCUT2D eigenvalue weighted by atomic mass is 10.1. The minimum atomic E-state index is -0.549. The summed E-state index contributed by atoms with van der Waals surface area (Å²) in [4.78, 5) is 12.0. The van der Waals surface area contributed by atoms with Crippen LogP contribution in [0.5, 0.6) is 0 Å². The van der Waals surface area contributed by atoms with Gasteiger partial charge in [0, 0.05) is 18.5 Å². The number of aliphatic hydroxyl groups is 1. The molecule has 0 radical (unpaired) electrons. The van der Waals surface area contributed by atoms with Crippen LogP contribution in [0.25, 0.3) is 0 Å². The van der Waals surface area contributed by atoms with Crippen LogP contribution in [0.4, 0.5) is 4.39 Å². The Labute approximate surface area is 121 Å². The molecule has 1 aliphatic carbocycles. The predicted octanol–water partition coefficient (Wildman–Crippen LogP) is 2.13. The van der Waals surface area contributed by atoms with Gasteiger partial charge >= 0.3 is 0 Å². The van der Waals surface area contributed by atoms with Crippen molar-refractivity contribution in [3.05, 3.63) is 47.5 Å². The quantitative estimate of drug-likeness (QED) is 0.827. The minimum Gasteiger partial charge on any atom is -0.386 e. The van der Waals surface area contributed by atoms with E-state index in [0.717, 1.165) is 12.8 Å². The summed E-state index contributed by atoms with van der Waals surface area (Å²) in [7, 11) is 0. The van der Waals surface area contributed by atoms with Crippen molar-refractivity contribution in [3.63, 3.8) is 0 Å². The summed E-state index contributed by atoms with van der Waals surface area (Å²) in [5.41, 5.74) is 1.04. The molecule has 1 saturated carbocycles. The first-order valence-electron chi connectivity index (χ1n) is 7.00. The molecule has 5 nitrogen and oxygen atoms in total. The van der Waals surface area contributed by atoms with Crippen molar-refractivity contribution < 1.29 is 14.3 Å². The van der Waals surface area contributed by atoms with Gasteiger partial charge < -0.3 is 5.11 Å². The summed E-state index contributed by atoms with van der Waals surface area (Å²) in [6, 6.07) is 5.49. The summed E-state index contributed by atoms with van der Waals surface area (Å²) >= 11 is 0. The smallest absolute Gasteiger partial charge is 0.164 e. The van der Waals surface area contributed by atoms with Crippen molar-refractivity contribution in [3.8, 4) is 0 Å². The number of hydrogen-bond donors (Lipinski definition) is 1. The normalized spacial score (nSPS) is 15.9. The van der Waals surface area contributed by atoms with Crippen molar-refractivity contribution in [2.75, 3.05) is 0 Å². The first-order chi connectivity index (χ1) is 10.1. The number of benzene rings is 1. The van der Waals surface area contributed by atoms with Crippen molar-refractivity contribution in [2.45, 2.75) is 31.9 Å². The van der Waals surface area contributed by atoms with E-state index < -0.39 is 6.10 Å². The summed E-state index contributed by atoms with van der Waals surface area (Å²) < 4.78 is 14.4. The Morgan fingerprint density at radius 2 is 2.10 bits per heavy atom. The van der Waals surface area contributed by atoms with Gasteiger partial charge in [-0.2, -0.15) is 0 Å². The second-order valence-electron chi connectivity index (χ2n) is 5.37. The Hall–Kier alpha value is -2.08. The Kier molecular flexibility index (Phi) is 3.79. The van der Waals surface area contributed by atoms with Crippen LogP contribution in [-0.2, 0) is 6.54 Å². The van der Waals surface area contributed by atoms with Crippen LogP contribution < -0.4 is 0 Å². The summed E-state index contributed by atoms with van der Waals surface area (Å²) in [6.07, 6.45) is 3.44. The molecular weight excluding hydrogens is 273 g/mol. The predicted molar refractivity (Wildman–Crippen MR) is 73.1 cm³/mol. The van der Waals surface area contributed by atoms with E-state index in [9.17, 15) is 14.3 Å². The second-order valence-corrected chi connectivity index (χ2v) is 5.37. The van der Waals surface area contributed by atoms with Crippen molar-refractivity contribution in [1.82, 2.24) is 15.0 Å². The van der Waals surface area contributed by atoms with Crippen LogP contribution >= 0.6 is 0 Å². The highest BCUT2D eigenvalue weighted by Gasteiger charge is 2.32. The van der Waals surface area contributed by atoms with Gasteiger partial charge in [-0.25, -0.2) is 4.39 Å². The number of nitrogens with zero attached hydrogens (tertiary/aromatic N) is 3. The summed E-state index contributed by atoms with van der Waals surface area (Å²) in [6.45, 7) is 0.389. The average Bonchev–Trinajstić information content (AvgIpc) is 3.23. The molecule has 0 aliphatic heterocycles. The number of Topliss-reactive ketones (excluding diaryl/α,β-unsaturated/α-hetero) is 1. The molecule has 1 N–H and O–H groups in total. The molecule has 0 spiro atoms. The van der Waals surface area contributed by atoms with Crippen molar-refractivity contribution in [2.24, 2.45) is 5.92 Å². The zero-order valence-corrected chi connectivity index (χ0v) is 11.4. The van der Waals surface area contributed by atoms with Gasteiger partial charge in [-0.15, -0.1) is 5.10 Å². The van der Waals surface area contributed by atoms with Gasteiger partial charge in [0.2, 0.25) is 0 Å².